The van der Waals surface area contributed by atoms with E-state index < -0.39 is 11.9 Å². The number of benzene rings is 1. The van der Waals surface area contributed by atoms with E-state index in [0.29, 0.717) is 36.4 Å². The van der Waals surface area contributed by atoms with E-state index in [1.165, 1.54) is 23.0 Å². The number of imidazole rings is 1. The van der Waals surface area contributed by atoms with Crippen molar-refractivity contribution in [3.63, 3.8) is 0 Å². The van der Waals surface area contributed by atoms with Crippen LogP contribution >= 0.6 is 11.6 Å². The van der Waals surface area contributed by atoms with Crippen LogP contribution in [0.2, 0.25) is 5.02 Å². The molecule has 33 heavy (non-hydrogen) atoms. The van der Waals surface area contributed by atoms with E-state index in [2.05, 4.69) is 30.8 Å². The zero-order valence-electron chi connectivity index (χ0n) is 16.9. The summed E-state index contributed by atoms with van der Waals surface area (Å²) in [6.07, 6.45) is 1.42. The Morgan fingerprint density at radius 3 is 2.82 bits per heavy atom. The van der Waals surface area contributed by atoms with E-state index in [-0.39, 0.29) is 28.0 Å². The average Bonchev–Trinajstić information content (AvgIpc) is 3.41. The molecule has 3 aromatic heterocycles. The SMILES string of the molecule is NCCCNC(=O)c1ccc(Nc2nccn3c(-c4c[nH]nc4C(F)(F)F)cnc23)cc1Cl. The van der Waals surface area contributed by atoms with E-state index in [4.69, 9.17) is 17.3 Å². The molecule has 4 aromatic rings. The Hall–Kier alpha value is -3.64. The Bertz CT molecular complexity index is 1300. The van der Waals surface area contributed by atoms with Gasteiger partial charge in [0, 0.05) is 30.8 Å². The summed E-state index contributed by atoms with van der Waals surface area (Å²) in [5, 5.41) is 11.6. The quantitative estimate of drug-likeness (QED) is 0.301. The molecule has 1 amide bonds. The van der Waals surface area contributed by atoms with Crippen LogP contribution in [0.1, 0.15) is 22.5 Å². The van der Waals surface area contributed by atoms with Gasteiger partial charge >= 0.3 is 6.18 Å². The van der Waals surface area contributed by atoms with Crippen LogP contribution in [0.5, 0.6) is 0 Å². The summed E-state index contributed by atoms with van der Waals surface area (Å²) >= 11 is 6.27. The molecule has 0 aliphatic heterocycles. The monoisotopic (exact) mass is 478 g/mol. The number of fused-ring (bicyclic) bond motifs is 1. The molecular formula is C20H18ClF3N8O. The van der Waals surface area contributed by atoms with Gasteiger partial charge in [0.15, 0.2) is 17.2 Å². The van der Waals surface area contributed by atoms with Crippen molar-refractivity contribution < 1.29 is 18.0 Å². The molecule has 0 atom stereocenters. The number of hydrogen-bond donors (Lipinski definition) is 4. The van der Waals surface area contributed by atoms with Gasteiger partial charge in [-0.2, -0.15) is 18.3 Å². The molecule has 0 saturated carbocycles. The fourth-order valence-electron chi connectivity index (χ4n) is 3.22. The van der Waals surface area contributed by atoms with Gasteiger partial charge in [-0.15, -0.1) is 0 Å². The first-order valence-corrected chi connectivity index (χ1v) is 10.2. The second-order valence-electron chi connectivity index (χ2n) is 6.98. The van der Waals surface area contributed by atoms with Gasteiger partial charge in [0.1, 0.15) is 0 Å². The van der Waals surface area contributed by atoms with Gasteiger partial charge in [0.25, 0.3) is 5.91 Å². The number of halogens is 4. The van der Waals surface area contributed by atoms with Crippen molar-refractivity contribution in [2.75, 3.05) is 18.4 Å². The van der Waals surface area contributed by atoms with Gasteiger partial charge in [-0.05, 0) is 31.2 Å². The number of nitrogens with one attached hydrogen (secondary N) is 3. The maximum Gasteiger partial charge on any atom is 0.435 e. The van der Waals surface area contributed by atoms with Crippen LogP contribution in [0, 0.1) is 0 Å². The topological polar surface area (TPSA) is 126 Å². The number of nitrogens with two attached hydrogens (primary N) is 1. The molecule has 0 radical (unpaired) electrons. The third-order valence-corrected chi connectivity index (χ3v) is 5.07. The molecular weight excluding hydrogens is 461 g/mol. The number of anilines is 2. The Kier molecular flexibility index (Phi) is 6.20. The first-order valence-electron chi connectivity index (χ1n) is 9.78. The Balaban J connectivity index is 1.62. The maximum atomic E-state index is 13.3. The molecule has 3 heterocycles. The van der Waals surface area contributed by atoms with Crippen molar-refractivity contribution in [2.24, 2.45) is 5.73 Å². The van der Waals surface area contributed by atoms with E-state index in [1.54, 1.807) is 18.2 Å². The van der Waals surface area contributed by atoms with Crippen LogP contribution in [-0.4, -0.2) is 43.6 Å². The molecule has 1 aromatic carbocycles. The highest BCUT2D eigenvalue weighted by Gasteiger charge is 2.37. The summed E-state index contributed by atoms with van der Waals surface area (Å²) in [5.41, 5.74) is 5.54. The Labute approximate surface area is 190 Å². The highest BCUT2D eigenvalue weighted by atomic mass is 35.5. The number of hydrogen-bond acceptors (Lipinski definition) is 6. The summed E-state index contributed by atoms with van der Waals surface area (Å²) in [6.45, 7) is 0.898. The fourth-order valence-corrected chi connectivity index (χ4v) is 3.49. The number of H-pyrrole nitrogens is 1. The number of carbonyl (C=O) groups is 1. The minimum Gasteiger partial charge on any atom is -0.352 e. The number of amides is 1. The fraction of sp³-hybridized carbons (Fsp3) is 0.200. The predicted octanol–water partition coefficient (Wildman–Crippen LogP) is 3.61. The minimum atomic E-state index is -4.62. The largest absolute Gasteiger partial charge is 0.435 e. The number of nitrogens with zero attached hydrogens (tertiary/aromatic N) is 4. The molecule has 9 nitrogen and oxygen atoms in total. The molecule has 0 aliphatic carbocycles. The van der Waals surface area contributed by atoms with Gasteiger partial charge in [-0.1, -0.05) is 11.6 Å². The first kappa shape index (κ1) is 22.6. The molecule has 13 heteroatoms. The van der Waals surface area contributed by atoms with Crippen molar-refractivity contribution in [1.29, 1.82) is 0 Å². The standard InChI is InChI=1S/C20H18ClF3N8O/c21-14-8-11(2-3-12(14)19(33)27-5-1-4-25)30-17-18-28-10-15(32(18)7-6-26-17)13-9-29-31-16(13)20(22,23)24/h2-3,6-10H,1,4-5,25H2,(H,26,30)(H,27,33)(H,29,31). The molecule has 0 saturated heterocycles. The lowest BCUT2D eigenvalue weighted by molar-refractivity contribution is -0.140. The highest BCUT2D eigenvalue weighted by molar-refractivity contribution is 6.34. The number of aromatic amines is 1. The van der Waals surface area contributed by atoms with E-state index in [1.807, 2.05) is 0 Å². The lowest BCUT2D eigenvalue weighted by atomic mass is 10.2. The summed E-state index contributed by atoms with van der Waals surface area (Å²) in [7, 11) is 0. The lowest BCUT2D eigenvalue weighted by Crippen LogP contribution is -2.26. The number of aromatic nitrogens is 5. The smallest absolute Gasteiger partial charge is 0.352 e. The van der Waals surface area contributed by atoms with Gasteiger partial charge in [0.2, 0.25) is 0 Å². The molecule has 0 fully saturated rings. The second kappa shape index (κ2) is 9.08. The van der Waals surface area contributed by atoms with Gasteiger partial charge in [-0.25, -0.2) is 9.97 Å². The summed E-state index contributed by atoms with van der Waals surface area (Å²) in [6, 6.07) is 4.74. The molecule has 0 spiro atoms. The highest BCUT2D eigenvalue weighted by Crippen LogP contribution is 2.36. The van der Waals surface area contributed by atoms with Gasteiger partial charge < -0.3 is 16.4 Å². The first-order chi connectivity index (χ1) is 15.8. The molecule has 172 valence electrons. The Morgan fingerprint density at radius 2 is 2.09 bits per heavy atom. The third-order valence-electron chi connectivity index (χ3n) is 4.76. The van der Waals surface area contributed by atoms with E-state index in [9.17, 15) is 18.0 Å². The zero-order chi connectivity index (χ0) is 23.6. The van der Waals surface area contributed by atoms with Crippen LogP contribution < -0.4 is 16.4 Å². The van der Waals surface area contributed by atoms with Crippen molar-refractivity contribution in [1.82, 2.24) is 29.9 Å². The molecule has 5 N–H and O–H groups in total. The zero-order valence-corrected chi connectivity index (χ0v) is 17.7. The van der Waals surface area contributed by atoms with Gasteiger partial charge in [-0.3, -0.25) is 14.3 Å². The summed E-state index contributed by atoms with van der Waals surface area (Å²) in [4.78, 5) is 20.7. The van der Waals surface area contributed by atoms with E-state index in [0.717, 1.165) is 6.20 Å². The van der Waals surface area contributed by atoms with Gasteiger partial charge in [0.05, 0.1) is 28.0 Å². The molecule has 4 rings (SSSR count). The summed E-state index contributed by atoms with van der Waals surface area (Å²) in [5.74, 6) is -0.0317. The third kappa shape index (κ3) is 4.61. The molecule has 0 aliphatic rings. The number of carbonyl (C=O) groups excluding carboxylic acids is 1. The van der Waals surface area contributed by atoms with Crippen LogP contribution in [0.3, 0.4) is 0 Å². The van der Waals surface area contributed by atoms with E-state index >= 15 is 0 Å². The average molecular weight is 479 g/mol. The predicted molar refractivity (Wildman–Crippen MR) is 116 cm³/mol. The lowest BCUT2D eigenvalue weighted by Gasteiger charge is -2.11. The molecule has 0 unspecified atom stereocenters. The van der Waals surface area contributed by atoms with Crippen LogP contribution in [0.4, 0.5) is 24.7 Å². The Morgan fingerprint density at radius 1 is 1.27 bits per heavy atom. The van der Waals surface area contributed by atoms with Crippen LogP contribution in [0.25, 0.3) is 16.9 Å². The van der Waals surface area contributed by atoms with Crippen molar-refractivity contribution in [3.8, 4) is 11.3 Å². The van der Waals surface area contributed by atoms with Crippen molar-refractivity contribution in [3.05, 3.63) is 59.3 Å². The number of rotatable bonds is 7. The van der Waals surface area contributed by atoms with Crippen LogP contribution in [-0.2, 0) is 6.18 Å². The van der Waals surface area contributed by atoms with Crippen LogP contribution in [0.15, 0.2) is 43.0 Å². The van der Waals surface area contributed by atoms with Crippen molar-refractivity contribution >= 4 is 34.7 Å². The summed E-state index contributed by atoms with van der Waals surface area (Å²) < 4.78 is 41.3. The second-order valence-corrected chi connectivity index (χ2v) is 7.38. The maximum absolute atomic E-state index is 13.3. The number of alkyl halides is 3. The van der Waals surface area contributed by atoms with Crippen molar-refractivity contribution in [2.45, 2.75) is 12.6 Å². The minimum absolute atomic E-state index is 0.139. The normalized spacial score (nSPS) is 11.7. The molecule has 0 bridgehead atoms.